The van der Waals surface area contributed by atoms with Crippen molar-refractivity contribution in [3.8, 4) is 23.0 Å². The monoisotopic (exact) mass is 494 g/mol. The van der Waals surface area contributed by atoms with Crippen LogP contribution in [0.5, 0.6) is 23.0 Å². The van der Waals surface area contributed by atoms with Crippen molar-refractivity contribution < 1.29 is 23.7 Å². The molecule has 2 heterocycles. The number of methoxy groups -OCH3 is 2. The summed E-state index contributed by atoms with van der Waals surface area (Å²) in [5.74, 6) is 2.00. The SMILES string of the molecule is CCCC1=NN2C(=N)C(=Cc3ccc(OCCOc4cccc(OC)c4)c(OC)c3)C(=O)N=C2S1. The van der Waals surface area contributed by atoms with Crippen LogP contribution in [0.1, 0.15) is 25.3 Å². The summed E-state index contributed by atoms with van der Waals surface area (Å²) < 4.78 is 22.2. The number of carbonyl (C=O) groups is 1. The van der Waals surface area contributed by atoms with Crippen molar-refractivity contribution in [2.24, 2.45) is 10.1 Å². The second-order valence-electron chi connectivity index (χ2n) is 7.55. The van der Waals surface area contributed by atoms with Crippen LogP contribution >= 0.6 is 11.8 Å². The molecule has 0 fully saturated rings. The maximum atomic E-state index is 12.6. The van der Waals surface area contributed by atoms with E-state index in [2.05, 4.69) is 17.0 Å². The molecule has 1 N–H and O–H groups in total. The first kappa shape index (κ1) is 24.3. The fourth-order valence-electron chi connectivity index (χ4n) is 3.41. The van der Waals surface area contributed by atoms with Gasteiger partial charge in [0.1, 0.15) is 29.8 Å². The molecule has 35 heavy (non-hydrogen) atoms. The molecule has 0 radical (unpaired) electrons. The molecule has 2 aliphatic heterocycles. The number of ether oxygens (including phenoxy) is 4. The number of hydrogen-bond acceptors (Lipinski definition) is 8. The third-order valence-electron chi connectivity index (χ3n) is 5.11. The molecule has 2 aromatic rings. The molecule has 4 rings (SSSR count). The summed E-state index contributed by atoms with van der Waals surface area (Å²) in [5.41, 5.74) is 0.844. The lowest BCUT2D eigenvalue weighted by atomic mass is 10.1. The van der Waals surface area contributed by atoms with Gasteiger partial charge in [0.15, 0.2) is 17.3 Å². The lowest BCUT2D eigenvalue weighted by Gasteiger charge is -2.20. The maximum Gasteiger partial charge on any atom is 0.283 e. The molecule has 0 aromatic heterocycles. The van der Waals surface area contributed by atoms with E-state index in [0.29, 0.717) is 41.2 Å². The van der Waals surface area contributed by atoms with Crippen LogP contribution in [0.4, 0.5) is 0 Å². The molecule has 0 saturated heterocycles. The summed E-state index contributed by atoms with van der Waals surface area (Å²) in [5, 5.41) is 15.6. The molecule has 0 bridgehead atoms. The zero-order chi connectivity index (χ0) is 24.8. The molecule has 1 amide bonds. The van der Waals surface area contributed by atoms with E-state index in [1.807, 2.05) is 18.2 Å². The van der Waals surface area contributed by atoms with Crippen LogP contribution in [0.3, 0.4) is 0 Å². The highest BCUT2D eigenvalue weighted by atomic mass is 32.2. The number of fused-ring (bicyclic) bond motifs is 1. The molecule has 0 saturated carbocycles. The Labute approximate surface area is 207 Å². The van der Waals surface area contributed by atoms with E-state index < -0.39 is 5.91 Å². The molecule has 182 valence electrons. The molecule has 0 unspecified atom stereocenters. The number of aliphatic imine (C=N–C) groups is 1. The summed E-state index contributed by atoms with van der Waals surface area (Å²) >= 11 is 1.34. The molecule has 2 aromatic carbocycles. The van der Waals surface area contributed by atoms with Crippen LogP contribution in [0, 0.1) is 5.41 Å². The first-order chi connectivity index (χ1) is 17.0. The van der Waals surface area contributed by atoms with Gasteiger partial charge in [0.25, 0.3) is 5.91 Å². The van der Waals surface area contributed by atoms with E-state index >= 15 is 0 Å². The van der Waals surface area contributed by atoms with E-state index in [0.717, 1.165) is 23.6 Å². The van der Waals surface area contributed by atoms with E-state index in [-0.39, 0.29) is 11.4 Å². The van der Waals surface area contributed by atoms with Gasteiger partial charge >= 0.3 is 0 Å². The number of hydrazone groups is 1. The van der Waals surface area contributed by atoms with Gasteiger partial charge in [-0.2, -0.15) is 15.1 Å². The van der Waals surface area contributed by atoms with Crippen LogP contribution in [0.2, 0.25) is 0 Å². The van der Waals surface area contributed by atoms with Crippen molar-refractivity contribution in [2.75, 3.05) is 27.4 Å². The summed E-state index contributed by atoms with van der Waals surface area (Å²) in [6, 6.07) is 12.6. The Kier molecular flexibility index (Phi) is 7.71. The van der Waals surface area contributed by atoms with Gasteiger partial charge in [-0.15, -0.1) is 0 Å². The Hall–Kier alpha value is -3.79. The van der Waals surface area contributed by atoms with Crippen LogP contribution < -0.4 is 18.9 Å². The number of carbonyl (C=O) groups excluding carboxylic acids is 1. The minimum absolute atomic E-state index is 0.00703. The van der Waals surface area contributed by atoms with Gasteiger partial charge in [-0.05, 0) is 60.5 Å². The molecule has 0 spiro atoms. The Morgan fingerprint density at radius 1 is 1.03 bits per heavy atom. The van der Waals surface area contributed by atoms with Gasteiger partial charge in [-0.25, -0.2) is 0 Å². The highest BCUT2D eigenvalue weighted by molar-refractivity contribution is 8.26. The normalized spacial score (nSPS) is 16.1. The number of amides is 1. The highest BCUT2D eigenvalue weighted by Gasteiger charge is 2.35. The lowest BCUT2D eigenvalue weighted by Crippen LogP contribution is -2.35. The third kappa shape index (κ3) is 5.65. The van der Waals surface area contributed by atoms with Crippen molar-refractivity contribution in [3.63, 3.8) is 0 Å². The summed E-state index contributed by atoms with van der Waals surface area (Å²) in [6.45, 7) is 2.69. The van der Waals surface area contributed by atoms with Gasteiger partial charge in [0.2, 0.25) is 5.17 Å². The van der Waals surface area contributed by atoms with Gasteiger partial charge in [-0.1, -0.05) is 19.1 Å². The number of nitrogens with one attached hydrogen (secondary N) is 1. The Bertz CT molecular complexity index is 1220. The van der Waals surface area contributed by atoms with E-state index in [1.54, 1.807) is 44.6 Å². The Balaban J connectivity index is 1.42. The molecular formula is C25H26N4O5S. The first-order valence-corrected chi connectivity index (χ1v) is 11.9. The van der Waals surface area contributed by atoms with Crippen LogP contribution in [-0.2, 0) is 4.79 Å². The fourth-order valence-corrected chi connectivity index (χ4v) is 4.40. The average Bonchev–Trinajstić information content (AvgIpc) is 3.27. The first-order valence-electron chi connectivity index (χ1n) is 11.1. The molecular weight excluding hydrogens is 468 g/mol. The number of nitrogens with zero attached hydrogens (tertiary/aromatic N) is 3. The van der Waals surface area contributed by atoms with Crippen molar-refractivity contribution >= 4 is 39.8 Å². The number of hydrogen-bond donors (Lipinski definition) is 1. The van der Waals surface area contributed by atoms with Gasteiger partial charge in [0, 0.05) is 6.07 Å². The largest absolute Gasteiger partial charge is 0.497 e. The molecule has 10 heteroatoms. The highest BCUT2D eigenvalue weighted by Crippen LogP contribution is 2.32. The standard InChI is InChI=1S/C25H26N4O5S/c1-4-6-22-28-29-23(26)19(24(30)27-25(29)35-22)13-16-9-10-20(21(14-16)32-3)34-12-11-33-18-8-5-7-17(15-18)31-2/h5,7-10,13-15,26H,4,6,11-12H2,1-3H3. The smallest absolute Gasteiger partial charge is 0.283 e. The Morgan fingerprint density at radius 3 is 2.60 bits per heavy atom. The van der Waals surface area contributed by atoms with Crippen molar-refractivity contribution in [2.45, 2.75) is 19.8 Å². The van der Waals surface area contributed by atoms with Crippen LogP contribution in [0.15, 0.2) is 58.1 Å². The van der Waals surface area contributed by atoms with Crippen molar-refractivity contribution in [1.82, 2.24) is 5.01 Å². The zero-order valence-corrected chi connectivity index (χ0v) is 20.6. The molecule has 0 aliphatic carbocycles. The number of rotatable bonds is 10. The minimum atomic E-state index is -0.462. The predicted octanol–water partition coefficient (Wildman–Crippen LogP) is 4.58. The maximum absolute atomic E-state index is 12.6. The topological polar surface area (TPSA) is 106 Å². The van der Waals surface area contributed by atoms with Crippen molar-refractivity contribution in [1.29, 1.82) is 5.41 Å². The molecule has 0 atom stereocenters. The van der Waals surface area contributed by atoms with E-state index in [9.17, 15) is 4.79 Å². The third-order valence-corrected chi connectivity index (χ3v) is 6.08. The van der Waals surface area contributed by atoms with Gasteiger partial charge in [0.05, 0.1) is 19.8 Å². The summed E-state index contributed by atoms with van der Waals surface area (Å²) in [7, 11) is 3.15. The van der Waals surface area contributed by atoms with E-state index in [1.165, 1.54) is 16.8 Å². The van der Waals surface area contributed by atoms with E-state index in [4.69, 9.17) is 24.4 Å². The summed E-state index contributed by atoms with van der Waals surface area (Å²) in [4.78, 5) is 16.7. The number of benzene rings is 2. The zero-order valence-electron chi connectivity index (χ0n) is 19.7. The second-order valence-corrected chi connectivity index (χ2v) is 8.59. The minimum Gasteiger partial charge on any atom is -0.497 e. The Morgan fingerprint density at radius 2 is 1.83 bits per heavy atom. The number of amidine groups is 2. The van der Waals surface area contributed by atoms with Gasteiger partial charge in [-0.3, -0.25) is 10.2 Å². The van der Waals surface area contributed by atoms with Crippen LogP contribution in [0.25, 0.3) is 6.08 Å². The summed E-state index contributed by atoms with van der Waals surface area (Å²) in [6.07, 6.45) is 3.32. The molecule has 2 aliphatic rings. The fraction of sp³-hybridized carbons (Fsp3) is 0.280. The lowest BCUT2D eigenvalue weighted by molar-refractivity contribution is -0.114. The average molecular weight is 495 g/mol. The van der Waals surface area contributed by atoms with Gasteiger partial charge < -0.3 is 18.9 Å². The van der Waals surface area contributed by atoms with Crippen molar-refractivity contribution in [3.05, 3.63) is 53.6 Å². The predicted molar refractivity (Wildman–Crippen MR) is 137 cm³/mol. The number of thioether (sulfide) groups is 1. The molecule has 9 nitrogen and oxygen atoms in total. The van der Waals surface area contributed by atoms with Crippen LogP contribution in [-0.4, -0.2) is 54.4 Å². The quantitative estimate of drug-likeness (QED) is 0.381. The second kappa shape index (κ2) is 11.1.